The van der Waals surface area contributed by atoms with E-state index in [1.165, 1.54) is 18.5 Å². The Kier molecular flexibility index (Phi) is 4.50. The van der Waals surface area contributed by atoms with Crippen molar-refractivity contribution in [3.05, 3.63) is 11.9 Å². The Balaban J connectivity index is 2.02. The first-order chi connectivity index (χ1) is 8.35. The van der Waals surface area contributed by atoms with E-state index in [0.717, 1.165) is 26.0 Å². The first kappa shape index (κ1) is 12.5. The van der Waals surface area contributed by atoms with E-state index in [2.05, 4.69) is 22.6 Å². The van der Waals surface area contributed by atoms with E-state index < -0.39 is 0 Å². The largest absolute Gasteiger partial charge is 0.378 e. The van der Waals surface area contributed by atoms with Crippen LogP contribution in [0.2, 0.25) is 0 Å². The molecule has 1 fully saturated rings. The van der Waals surface area contributed by atoms with Gasteiger partial charge in [-0.05, 0) is 32.7 Å². The predicted octanol–water partition coefficient (Wildman–Crippen LogP) is 1.52. The first-order valence-electron chi connectivity index (χ1n) is 6.52. The molecule has 17 heavy (non-hydrogen) atoms. The summed E-state index contributed by atoms with van der Waals surface area (Å²) in [6.45, 7) is 3.99. The maximum absolute atomic E-state index is 5.69. The average molecular weight is 238 g/mol. The quantitative estimate of drug-likeness (QED) is 0.816. The third-order valence-corrected chi connectivity index (χ3v) is 3.31. The number of nitrogens with one attached hydrogen (secondary N) is 1. The minimum absolute atomic E-state index is 0.291. The third-order valence-electron chi connectivity index (χ3n) is 3.31. The molecule has 1 aromatic rings. The van der Waals surface area contributed by atoms with E-state index >= 15 is 0 Å². The summed E-state index contributed by atoms with van der Waals surface area (Å²) in [5.74, 6) is 0. The van der Waals surface area contributed by atoms with Crippen LogP contribution in [-0.4, -0.2) is 34.8 Å². The highest BCUT2D eigenvalue weighted by molar-refractivity contribution is 5.03. The molecular weight excluding hydrogens is 216 g/mol. The number of ether oxygens (including phenoxy) is 1. The molecule has 2 heterocycles. The van der Waals surface area contributed by atoms with Crippen LogP contribution in [0, 0.1) is 0 Å². The van der Waals surface area contributed by atoms with Gasteiger partial charge in [0, 0.05) is 13.2 Å². The lowest BCUT2D eigenvalue weighted by molar-refractivity contribution is 0.0944. The van der Waals surface area contributed by atoms with Crippen molar-refractivity contribution in [2.24, 2.45) is 0 Å². The predicted molar refractivity (Wildman–Crippen MR) is 65.7 cm³/mol. The second kappa shape index (κ2) is 6.12. The van der Waals surface area contributed by atoms with Gasteiger partial charge in [0.25, 0.3) is 0 Å². The van der Waals surface area contributed by atoms with E-state index in [1.54, 1.807) is 0 Å². The van der Waals surface area contributed by atoms with Crippen molar-refractivity contribution in [3.8, 4) is 0 Å². The zero-order valence-electron chi connectivity index (χ0n) is 10.7. The molecule has 5 heteroatoms. The minimum atomic E-state index is 0.291. The minimum Gasteiger partial charge on any atom is -0.378 e. The van der Waals surface area contributed by atoms with E-state index in [0.29, 0.717) is 12.1 Å². The van der Waals surface area contributed by atoms with Crippen molar-refractivity contribution in [2.45, 2.75) is 51.3 Å². The van der Waals surface area contributed by atoms with Crippen LogP contribution in [0.1, 0.15) is 44.3 Å². The zero-order valence-corrected chi connectivity index (χ0v) is 10.7. The summed E-state index contributed by atoms with van der Waals surface area (Å²) in [4.78, 5) is 0. The van der Waals surface area contributed by atoms with Crippen LogP contribution < -0.4 is 5.32 Å². The molecule has 1 N–H and O–H groups in total. The first-order valence-corrected chi connectivity index (χ1v) is 6.52. The molecule has 1 aliphatic rings. The Morgan fingerprint density at radius 2 is 2.53 bits per heavy atom. The van der Waals surface area contributed by atoms with E-state index in [4.69, 9.17) is 4.74 Å². The molecule has 96 valence electrons. The number of aryl methyl sites for hydroxylation is 1. The topological polar surface area (TPSA) is 52.0 Å². The van der Waals surface area contributed by atoms with Crippen LogP contribution in [-0.2, 0) is 11.3 Å². The molecule has 5 nitrogen and oxygen atoms in total. The lowest BCUT2D eigenvalue weighted by Crippen LogP contribution is -2.25. The van der Waals surface area contributed by atoms with Crippen LogP contribution in [0.5, 0.6) is 0 Å². The summed E-state index contributed by atoms with van der Waals surface area (Å²) >= 11 is 0. The highest BCUT2D eigenvalue weighted by Gasteiger charge is 2.23. The Bertz CT molecular complexity index is 333. The molecule has 0 saturated carbocycles. The Morgan fingerprint density at radius 1 is 1.65 bits per heavy atom. The highest BCUT2D eigenvalue weighted by Crippen LogP contribution is 2.24. The van der Waals surface area contributed by atoms with Crippen LogP contribution >= 0.6 is 0 Å². The zero-order chi connectivity index (χ0) is 12.1. The van der Waals surface area contributed by atoms with E-state index in [-0.39, 0.29) is 0 Å². The lowest BCUT2D eigenvalue weighted by Gasteiger charge is -2.20. The van der Waals surface area contributed by atoms with Gasteiger partial charge in [-0.2, -0.15) is 0 Å². The fourth-order valence-corrected chi connectivity index (χ4v) is 2.40. The highest BCUT2D eigenvalue weighted by atomic mass is 16.5. The van der Waals surface area contributed by atoms with Gasteiger partial charge in [-0.25, -0.2) is 4.68 Å². The van der Waals surface area contributed by atoms with Gasteiger partial charge in [-0.1, -0.05) is 12.1 Å². The van der Waals surface area contributed by atoms with Crippen molar-refractivity contribution in [1.82, 2.24) is 20.3 Å². The Morgan fingerprint density at radius 3 is 3.18 bits per heavy atom. The summed E-state index contributed by atoms with van der Waals surface area (Å²) in [6.07, 6.45) is 6.70. The van der Waals surface area contributed by atoms with Crippen LogP contribution in [0.25, 0.3) is 0 Å². The van der Waals surface area contributed by atoms with Gasteiger partial charge in [0.15, 0.2) is 0 Å². The summed E-state index contributed by atoms with van der Waals surface area (Å²) < 4.78 is 7.69. The summed E-state index contributed by atoms with van der Waals surface area (Å²) in [6, 6.07) is 0.291. The molecule has 2 atom stereocenters. The van der Waals surface area contributed by atoms with Crippen molar-refractivity contribution in [1.29, 1.82) is 0 Å². The molecule has 0 spiro atoms. The van der Waals surface area contributed by atoms with Gasteiger partial charge in [-0.3, -0.25) is 0 Å². The Labute approximate surface area is 103 Å². The second-order valence-corrected chi connectivity index (χ2v) is 4.59. The maximum Gasteiger partial charge on any atom is 0.0757 e. The molecule has 1 aliphatic heterocycles. The van der Waals surface area contributed by atoms with Crippen LogP contribution in [0.4, 0.5) is 0 Å². The van der Waals surface area contributed by atoms with Gasteiger partial charge >= 0.3 is 0 Å². The van der Waals surface area contributed by atoms with Gasteiger partial charge in [0.1, 0.15) is 0 Å². The molecule has 0 aliphatic carbocycles. The average Bonchev–Trinajstić information content (AvgIpc) is 2.97. The normalized spacial score (nSPS) is 21.9. The second-order valence-electron chi connectivity index (χ2n) is 4.59. The molecule has 1 aromatic heterocycles. The molecule has 0 radical (unpaired) electrons. The van der Waals surface area contributed by atoms with E-state index in [1.807, 2.05) is 17.9 Å². The number of rotatable bonds is 6. The van der Waals surface area contributed by atoms with Gasteiger partial charge < -0.3 is 10.1 Å². The number of hydrogen-bond donors (Lipinski definition) is 1. The summed E-state index contributed by atoms with van der Waals surface area (Å²) in [7, 11) is 1.99. The monoisotopic (exact) mass is 238 g/mol. The van der Waals surface area contributed by atoms with Gasteiger partial charge in [-0.15, -0.1) is 5.10 Å². The Hall–Kier alpha value is -0.940. The molecule has 0 bridgehead atoms. The fourth-order valence-electron chi connectivity index (χ4n) is 2.40. The number of nitrogens with zero attached hydrogens (tertiary/aromatic N) is 3. The molecule has 0 amide bonds. The molecule has 1 saturated heterocycles. The van der Waals surface area contributed by atoms with Crippen molar-refractivity contribution in [3.63, 3.8) is 0 Å². The molecule has 2 rings (SSSR count). The number of hydrogen-bond acceptors (Lipinski definition) is 4. The SMILES string of the molecule is CCCn1nncc1C(CC1CCCO1)NC. The van der Waals surface area contributed by atoms with Crippen molar-refractivity contribution in [2.75, 3.05) is 13.7 Å². The molecular formula is C12H22N4O. The number of aromatic nitrogens is 3. The summed E-state index contributed by atoms with van der Waals surface area (Å²) in [5, 5.41) is 11.5. The van der Waals surface area contributed by atoms with Crippen molar-refractivity contribution >= 4 is 0 Å². The third kappa shape index (κ3) is 3.04. The fraction of sp³-hybridized carbons (Fsp3) is 0.833. The van der Waals surface area contributed by atoms with Crippen molar-refractivity contribution < 1.29 is 4.74 Å². The van der Waals surface area contributed by atoms with Crippen LogP contribution in [0.15, 0.2) is 6.20 Å². The smallest absolute Gasteiger partial charge is 0.0757 e. The maximum atomic E-state index is 5.69. The standard InChI is InChI=1S/C12H22N4O/c1-3-6-16-12(9-14-15-16)11(13-2)8-10-5-4-7-17-10/h9-11,13H,3-8H2,1-2H3. The van der Waals surface area contributed by atoms with Crippen LogP contribution in [0.3, 0.4) is 0 Å². The van der Waals surface area contributed by atoms with Gasteiger partial charge in [0.05, 0.1) is 24.0 Å². The van der Waals surface area contributed by atoms with E-state index in [9.17, 15) is 0 Å². The van der Waals surface area contributed by atoms with Gasteiger partial charge in [0.2, 0.25) is 0 Å². The molecule has 2 unspecified atom stereocenters. The lowest BCUT2D eigenvalue weighted by atomic mass is 10.0. The summed E-state index contributed by atoms with van der Waals surface area (Å²) in [5.41, 5.74) is 1.17. The molecule has 0 aromatic carbocycles.